The zero-order valence-electron chi connectivity index (χ0n) is 16.6. The van der Waals surface area contributed by atoms with Crippen molar-refractivity contribution in [3.8, 4) is 11.5 Å². The first-order valence-electron chi connectivity index (χ1n) is 9.87. The average Bonchev–Trinajstić information content (AvgIpc) is 2.71. The highest BCUT2D eigenvalue weighted by atomic mass is 16.5. The van der Waals surface area contributed by atoms with Crippen LogP contribution in [0.15, 0.2) is 54.6 Å². The van der Waals surface area contributed by atoms with Gasteiger partial charge in [0, 0.05) is 0 Å². The summed E-state index contributed by atoms with van der Waals surface area (Å²) in [6.07, 6.45) is 3.85. The van der Waals surface area contributed by atoms with E-state index in [1.165, 1.54) is 12.8 Å². The maximum absolute atomic E-state index is 5.77. The Balaban J connectivity index is 1.52. The zero-order valence-corrected chi connectivity index (χ0v) is 16.6. The number of benzene rings is 2. The first-order valence-corrected chi connectivity index (χ1v) is 9.87. The van der Waals surface area contributed by atoms with Crippen molar-refractivity contribution >= 4 is 0 Å². The molecule has 0 aromatic heterocycles. The van der Waals surface area contributed by atoms with Crippen LogP contribution in [0.4, 0.5) is 0 Å². The Bertz CT molecular complexity index is 598. The molecule has 0 bridgehead atoms. The minimum atomic E-state index is 0.312. The first-order chi connectivity index (χ1) is 13.3. The molecule has 1 atom stereocenters. The van der Waals surface area contributed by atoms with Crippen molar-refractivity contribution < 1.29 is 18.9 Å². The largest absolute Gasteiger partial charge is 0.491 e. The second-order valence-electron chi connectivity index (χ2n) is 6.53. The van der Waals surface area contributed by atoms with Gasteiger partial charge in [0.05, 0.1) is 25.9 Å². The molecule has 2 rings (SSSR count). The Kier molecular flexibility index (Phi) is 10.4. The van der Waals surface area contributed by atoms with Gasteiger partial charge in [-0.2, -0.15) is 0 Å². The minimum Gasteiger partial charge on any atom is -0.491 e. The third kappa shape index (κ3) is 9.45. The van der Waals surface area contributed by atoms with Crippen molar-refractivity contribution in [1.82, 2.24) is 0 Å². The van der Waals surface area contributed by atoms with Gasteiger partial charge in [-0.05, 0) is 43.2 Å². The third-order valence-corrected chi connectivity index (χ3v) is 4.16. The van der Waals surface area contributed by atoms with Gasteiger partial charge < -0.3 is 18.9 Å². The molecular formula is C23H32O4. The molecule has 0 amide bonds. The number of ether oxygens (including phenoxy) is 4. The lowest BCUT2D eigenvalue weighted by atomic mass is 10.2. The summed E-state index contributed by atoms with van der Waals surface area (Å²) in [5.41, 5.74) is 1.15. The summed E-state index contributed by atoms with van der Waals surface area (Å²) < 4.78 is 22.7. The standard InChI is InChI=1S/C23H32O4/c1-3-4-8-20(2)25-17-15-24-16-18-26-22-11-13-23(14-12-22)27-19-21-9-6-5-7-10-21/h5-7,9-14,20H,3-4,8,15-19H2,1-2H3. The summed E-state index contributed by atoms with van der Waals surface area (Å²) in [5.74, 6) is 1.65. The fraction of sp³-hybridized carbons (Fsp3) is 0.478. The Morgan fingerprint density at radius 3 is 2.15 bits per heavy atom. The smallest absolute Gasteiger partial charge is 0.120 e. The van der Waals surface area contributed by atoms with Crippen LogP contribution in [0.2, 0.25) is 0 Å². The van der Waals surface area contributed by atoms with Gasteiger partial charge in [0.25, 0.3) is 0 Å². The highest BCUT2D eigenvalue weighted by molar-refractivity contribution is 5.31. The third-order valence-electron chi connectivity index (χ3n) is 4.16. The van der Waals surface area contributed by atoms with Crippen LogP contribution in [0.1, 0.15) is 38.7 Å². The van der Waals surface area contributed by atoms with Crippen LogP contribution < -0.4 is 9.47 Å². The number of rotatable bonds is 14. The van der Waals surface area contributed by atoms with Crippen molar-refractivity contribution in [3.05, 3.63) is 60.2 Å². The minimum absolute atomic E-state index is 0.312. The van der Waals surface area contributed by atoms with Crippen LogP contribution in [0, 0.1) is 0 Å². The lowest BCUT2D eigenvalue weighted by Crippen LogP contribution is -2.15. The molecule has 2 aromatic carbocycles. The van der Waals surface area contributed by atoms with Crippen molar-refractivity contribution in [2.24, 2.45) is 0 Å². The molecule has 0 saturated heterocycles. The van der Waals surface area contributed by atoms with Gasteiger partial charge in [-0.25, -0.2) is 0 Å². The highest BCUT2D eigenvalue weighted by Crippen LogP contribution is 2.18. The second-order valence-corrected chi connectivity index (χ2v) is 6.53. The van der Waals surface area contributed by atoms with E-state index in [1.807, 2.05) is 54.6 Å². The predicted molar refractivity (Wildman–Crippen MR) is 108 cm³/mol. The van der Waals surface area contributed by atoms with Gasteiger partial charge in [0.1, 0.15) is 24.7 Å². The fourth-order valence-corrected chi connectivity index (χ4v) is 2.58. The van der Waals surface area contributed by atoms with E-state index < -0.39 is 0 Å². The molecule has 0 aliphatic carbocycles. The van der Waals surface area contributed by atoms with Crippen LogP contribution in [0.3, 0.4) is 0 Å². The number of hydrogen-bond acceptors (Lipinski definition) is 4. The van der Waals surface area contributed by atoms with Gasteiger partial charge in [0.2, 0.25) is 0 Å². The molecule has 1 unspecified atom stereocenters. The van der Waals surface area contributed by atoms with Gasteiger partial charge in [-0.1, -0.05) is 50.1 Å². The molecule has 0 heterocycles. The highest BCUT2D eigenvalue weighted by Gasteiger charge is 2.01. The van der Waals surface area contributed by atoms with Gasteiger partial charge in [-0.15, -0.1) is 0 Å². The summed E-state index contributed by atoms with van der Waals surface area (Å²) in [6, 6.07) is 17.8. The molecule has 0 N–H and O–H groups in total. The van der Waals surface area contributed by atoms with E-state index in [4.69, 9.17) is 18.9 Å². The summed E-state index contributed by atoms with van der Waals surface area (Å²) in [4.78, 5) is 0. The van der Waals surface area contributed by atoms with E-state index in [2.05, 4.69) is 13.8 Å². The lowest BCUT2D eigenvalue weighted by Gasteiger charge is -2.13. The van der Waals surface area contributed by atoms with Gasteiger partial charge >= 0.3 is 0 Å². The molecule has 0 aliphatic heterocycles. The van der Waals surface area contributed by atoms with Crippen LogP contribution in [-0.4, -0.2) is 32.5 Å². The Labute approximate surface area is 163 Å². The Morgan fingerprint density at radius 1 is 0.778 bits per heavy atom. The van der Waals surface area contributed by atoms with E-state index in [0.717, 1.165) is 23.5 Å². The van der Waals surface area contributed by atoms with Crippen LogP contribution in [0.5, 0.6) is 11.5 Å². The molecule has 27 heavy (non-hydrogen) atoms. The monoisotopic (exact) mass is 372 g/mol. The van der Waals surface area contributed by atoms with Crippen LogP contribution >= 0.6 is 0 Å². The summed E-state index contributed by atoms with van der Waals surface area (Å²) in [6.45, 7) is 7.19. The molecule has 148 valence electrons. The number of hydrogen-bond donors (Lipinski definition) is 0. The maximum Gasteiger partial charge on any atom is 0.120 e. The molecule has 0 aliphatic rings. The summed E-state index contributed by atoms with van der Waals surface area (Å²) in [7, 11) is 0. The van der Waals surface area contributed by atoms with Crippen molar-refractivity contribution in [1.29, 1.82) is 0 Å². The number of unbranched alkanes of at least 4 members (excludes halogenated alkanes) is 1. The van der Waals surface area contributed by atoms with Crippen molar-refractivity contribution in [2.45, 2.75) is 45.8 Å². The molecule has 0 radical (unpaired) electrons. The van der Waals surface area contributed by atoms with E-state index in [9.17, 15) is 0 Å². The lowest BCUT2D eigenvalue weighted by molar-refractivity contribution is 0.00267. The first kappa shape index (κ1) is 21.3. The second kappa shape index (κ2) is 13.2. The molecule has 0 saturated carbocycles. The molecule has 4 nitrogen and oxygen atoms in total. The quantitative estimate of drug-likeness (QED) is 0.424. The molecule has 2 aromatic rings. The zero-order chi connectivity index (χ0) is 19.2. The summed E-state index contributed by atoms with van der Waals surface area (Å²) in [5, 5.41) is 0. The molecular weight excluding hydrogens is 340 g/mol. The molecule has 0 spiro atoms. The Hall–Kier alpha value is -2.04. The van der Waals surface area contributed by atoms with E-state index in [-0.39, 0.29) is 0 Å². The van der Waals surface area contributed by atoms with E-state index >= 15 is 0 Å². The maximum atomic E-state index is 5.77. The van der Waals surface area contributed by atoms with E-state index in [1.54, 1.807) is 0 Å². The van der Waals surface area contributed by atoms with Gasteiger partial charge in [0.15, 0.2) is 0 Å². The van der Waals surface area contributed by atoms with Crippen molar-refractivity contribution in [3.63, 3.8) is 0 Å². The SMILES string of the molecule is CCCCC(C)OCCOCCOc1ccc(OCc2ccccc2)cc1. The topological polar surface area (TPSA) is 36.9 Å². The fourth-order valence-electron chi connectivity index (χ4n) is 2.58. The Morgan fingerprint density at radius 2 is 1.44 bits per heavy atom. The van der Waals surface area contributed by atoms with Crippen LogP contribution in [-0.2, 0) is 16.1 Å². The molecule has 0 fully saturated rings. The van der Waals surface area contributed by atoms with Crippen LogP contribution in [0.25, 0.3) is 0 Å². The van der Waals surface area contributed by atoms with Crippen molar-refractivity contribution in [2.75, 3.05) is 26.4 Å². The normalized spacial score (nSPS) is 11.9. The average molecular weight is 373 g/mol. The van der Waals surface area contributed by atoms with Gasteiger partial charge in [-0.3, -0.25) is 0 Å². The summed E-state index contributed by atoms with van der Waals surface area (Å²) >= 11 is 0. The van der Waals surface area contributed by atoms with E-state index in [0.29, 0.717) is 39.1 Å². The predicted octanol–water partition coefficient (Wildman–Crippen LogP) is 5.26. The molecule has 4 heteroatoms.